The van der Waals surface area contributed by atoms with Gasteiger partial charge in [0.25, 0.3) is 0 Å². The summed E-state index contributed by atoms with van der Waals surface area (Å²) in [5.41, 5.74) is 6.49. The van der Waals surface area contributed by atoms with Crippen LogP contribution in [0.5, 0.6) is 0 Å². The lowest BCUT2D eigenvalue weighted by Gasteiger charge is -2.49. The van der Waals surface area contributed by atoms with Gasteiger partial charge < -0.3 is 5.73 Å². The first-order valence-corrected chi connectivity index (χ1v) is 4.96. The zero-order valence-electron chi connectivity index (χ0n) is 7.55. The first kappa shape index (κ1) is 8.13. The van der Waals surface area contributed by atoms with Crippen LogP contribution < -0.4 is 5.73 Å². The third-order valence-corrected chi connectivity index (χ3v) is 3.69. The highest BCUT2D eigenvalue weighted by atomic mass is 14.7. The van der Waals surface area contributed by atoms with E-state index < -0.39 is 0 Å². The number of terminal acetylenes is 1. The summed E-state index contributed by atoms with van der Waals surface area (Å²) in [7, 11) is 0. The van der Waals surface area contributed by atoms with Crippen LogP contribution >= 0.6 is 0 Å². The third-order valence-electron chi connectivity index (χ3n) is 3.69. The van der Waals surface area contributed by atoms with Gasteiger partial charge in [-0.25, -0.2) is 0 Å². The van der Waals surface area contributed by atoms with Gasteiger partial charge >= 0.3 is 0 Å². The fourth-order valence-corrected chi connectivity index (χ4v) is 2.76. The fraction of sp³-hybridized carbons (Fsp3) is 0.818. The van der Waals surface area contributed by atoms with Crippen molar-refractivity contribution in [3.8, 4) is 12.3 Å². The fourth-order valence-electron chi connectivity index (χ4n) is 2.76. The summed E-state index contributed by atoms with van der Waals surface area (Å²) in [5.74, 6) is 3.44. The van der Waals surface area contributed by atoms with Crippen LogP contribution in [-0.2, 0) is 0 Å². The molecule has 0 aliphatic heterocycles. The van der Waals surface area contributed by atoms with E-state index in [0.717, 1.165) is 0 Å². The molecule has 2 aliphatic carbocycles. The third kappa shape index (κ3) is 1.25. The quantitative estimate of drug-likeness (QED) is 0.542. The van der Waals surface area contributed by atoms with Gasteiger partial charge in [-0.3, -0.25) is 0 Å². The zero-order chi connectivity index (χ0) is 8.60. The van der Waals surface area contributed by atoms with E-state index in [0.29, 0.717) is 17.4 Å². The second-order valence-corrected chi connectivity index (χ2v) is 4.61. The van der Waals surface area contributed by atoms with Crippen LogP contribution in [0.4, 0.5) is 0 Å². The highest BCUT2D eigenvalue weighted by molar-refractivity contribution is 5.08. The Morgan fingerprint density at radius 3 is 2.33 bits per heavy atom. The van der Waals surface area contributed by atoms with Gasteiger partial charge in [0.05, 0.1) is 0 Å². The van der Waals surface area contributed by atoms with Gasteiger partial charge in [-0.2, -0.15) is 0 Å². The maximum atomic E-state index is 5.86. The number of hydrogen-bond donors (Lipinski definition) is 1. The van der Waals surface area contributed by atoms with E-state index in [2.05, 4.69) is 5.92 Å². The van der Waals surface area contributed by atoms with Crippen LogP contribution in [0, 0.1) is 23.7 Å². The molecule has 0 bridgehead atoms. The maximum absolute atomic E-state index is 5.86. The normalized spacial score (nSPS) is 46.7. The van der Waals surface area contributed by atoms with Crippen molar-refractivity contribution in [1.82, 2.24) is 0 Å². The number of hydrogen-bond acceptors (Lipinski definition) is 1. The van der Waals surface area contributed by atoms with Gasteiger partial charge in [0.15, 0.2) is 0 Å². The molecule has 0 unspecified atom stereocenters. The highest BCUT2D eigenvalue weighted by Gasteiger charge is 2.44. The Balaban J connectivity index is 1.88. The predicted molar refractivity (Wildman–Crippen MR) is 50.4 cm³/mol. The second-order valence-electron chi connectivity index (χ2n) is 4.61. The molecular formula is C11H17N. The summed E-state index contributed by atoms with van der Waals surface area (Å²) in [5, 5.41) is 0. The molecule has 2 saturated carbocycles. The first-order chi connectivity index (χ1) is 5.74. The molecule has 2 aliphatic rings. The molecule has 0 aromatic carbocycles. The minimum absolute atomic E-state index is 0.473. The first-order valence-electron chi connectivity index (χ1n) is 4.96. The van der Waals surface area contributed by atoms with Crippen LogP contribution in [0.25, 0.3) is 0 Å². The van der Waals surface area contributed by atoms with E-state index in [4.69, 9.17) is 12.2 Å². The molecule has 66 valence electrons. The van der Waals surface area contributed by atoms with Crippen molar-refractivity contribution in [2.75, 3.05) is 0 Å². The van der Waals surface area contributed by atoms with Gasteiger partial charge in [0.2, 0.25) is 0 Å². The molecule has 0 saturated heterocycles. The van der Waals surface area contributed by atoms with Crippen LogP contribution in [0.3, 0.4) is 0 Å². The molecule has 1 spiro atoms. The summed E-state index contributed by atoms with van der Waals surface area (Å²) in [6.07, 6.45) is 13.0. The van der Waals surface area contributed by atoms with Crippen molar-refractivity contribution in [2.24, 2.45) is 17.1 Å². The number of nitrogens with two attached hydrogens (primary N) is 1. The van der Waals surface area contributed by atoms with Crippen molar-refractivity contribution < 1.29 is 0 Å². The zero-order valence-corrected chi connectivity index (χ0v) is 7.55. The standard InChI is InChI=1S/C11H17N/c1-2-9-7-11(8-9)5-3-10(12)4-6-11/h1,9-10H,3-8,12H2. The summed E-state index contributed by atoms with van der Waals surface area (Å²) >= 11 is 0. The average Bonchev–Trinajstić information content (AvgIpc) is 2.02. The Bertz CT molecular complexity index is 198. The Morgan fingerprint density at radius 2 is 1.83 bits per heavy atom. The lowest BCUT2D eigenvalue weighted by molar-refractivity contribution is 0.0367. The smallest absolute Gasteiger partial charge is 0.0210 e. The Labute approximate surface area is 74.7 Å². The molecular weight excluding hydrogens is 146 g/mol. The average molecular weight is 163 g/mol. The molecule has 0 aromatic heterocycles. The van der Waals surface area contributed by atoms with Crippen LogP contribution in [0.1, 0.15) is 38.5 Å². The second kappa shape index (κ2) is 2.78. The topological polar surface area (TPSA) is 26.0 Å². The minimum atomic E-state index is 0.473. The van der Waals surface area contributed by atoms with Gasteiger partial charge in [-0.15, -0.1) is 12.3 Å². The number of rotatable bonds is 0. The van der Waals surface area contributed by atoms with Crippen LogP contribution in [0.2, 0.25) is 0 Å². The van der Waals surface area contributed by atoms with E-state index >= 15 is 0 Å². The summed E-state index contributed by atoms with van der Waals surface area (Å²) < 4.78 is 0. The lowest BCUT2D eigenvalue weighted by Crippen LogP contribution is -2.42. The van der Waals surface area contributed by atoms with Crippen molar-refractivity contribution in [2.45, 2.75) is 44.6 Å². The summed E-state index contributed by atoms with van der Waals surface area (Å²) in [6, 6.07) is 0.473. The van der Waals surface area contributed by atoms with E-state index in [1.807, 2.05) is 0 Å². The molecule has 12 heavy (non-hydrogen) atoms. The summed E-state index contributed by atoms with van der Waals surface area (Å²) in [6.45, 7) is 0. The molecule has 0 heterocycles. The van der Waals surface area contributed by atoms with Crippen molar-refractivity contribution in [3.05, 3.63) is 0 Å². The predicted octanol–water partition coefficient (Wildman–Crippen LogP) is 1.92. The van der Waals surface area contributed by atoms with Gasteiger partial charge in [-0.1, -0.05) is 0 Å². The Hall–Kier alpha value is -0.480. The molecule has 0 atom stereocenters. The highest BCUT2D eigenvalue weighted by Crippen LogP contribution is 2.54. The molecule has 0 radical (unpaired) electrons. The molecule has 0 aromatic rings. The van der Waals surface area contributed by atoms with Gasteiger partial charge in [-0.05, 0) is 43.9 Å². The molecule has 2 rings (SSSR count). The molecule has 2 N–H and O–H groups in total. The van der Waals surface area contributed by atoms with Crippen molar-refractivity contribution in [1.29, 1.82) is 0 Å². The molecule has 2 fully saturated rings. The Morgan fingerprint density at radius 1 is 1.25 bits per heavy atom. The maximum Gasteiger partial charge on any atom is 0.0210 e. The molecule has 1 nitrogen and oxygen atoms in total. The van der Waals surface area contributed by atoms with E-state index in [1.54, 1.807) is 0 Å². The van der Waals surface area contributed by atoms with E-state index in [1.165, 1.54) is 38.5 Å². The van der Waals surface area contributed by atoms with Gasteiger partial charge in [0, 0.05) is 12.0 Å². The van der Waals surface area contributed by atoms with Crippen LogP contribution in [-0.4, -0.2) is 6.04 Å². The Kier molecular flexibility index (Phi) is 1.88. The van der Waals surface area contributed by atoms with Crippen molar-refractivity contribution >= 4 is 0 Å². The summed E-state index contributed by atoms with van der Waals surface area (Å²) in [4.78, 5) is 0. The van der Waals surface area contributed by atoms with E-state index in [9.17, 15) is 0 Å². The van der Waals surface area contributed by atoms with Gasteiger partial charge in [0.1, 0.15) is 0 Å². The lowest BCUT2D eigenvalue weighted by atomic mass is 9.55. The van der Waals surface area contributed by atoms with Crippen LogP contribution in [0.15, 0.2) is 0 Å². The van der Waals surface area contributed by atoms with E-state index in [-0.39, 0.29) is 0 Å². The minimum Gasteiger partial charge on any atom is -0.328 e. The monoisotopic (exact) mass is 163 g/mol. The molecule has 1 heteroatoms. The largest absolute Gasteiger partial charge is 0.328 e. The van der Waals surface area contributed by atoms with Crippen molar-refractivity contribution in [3.63, 3.8) is 0 Å². The SMILES string of the molecule is C#CC1CC2(CCC(N)CC2)C1. The molecule has 0 amide bonds.